The van der Waals surface area contributed by atoms with E-state index in [0.717, 1.165) is 103 Å². The Morgan fingerprint density at radius 1 is 0.264 bits per heavy atom. The van der Waals surface area contributed by atoms with Crippen LogP contribution in [0.4, 0.5) is 0 Å². The van der Waals surface area contributed by atoms with E-state index < -0.39 is 97.5 Å². The summed E-state index contributed by atoms with van der Waals surface area (Å²) in [5, 5.41) is 10.6. The maximum absolute atomic E-state index is 13.0. The van der Waals surface area contributed by atoms with Gasteiger partial charge in [-0.1, -0.05) is 329 Å². The molecule has 0 aliphatic rings. The number of phosphoric acid groups is 2. The number of phosphoric ester groups is 2. The van der Waals surface area contributed by atoms with Crippen LogP contribution in [0.5, 0.6) is 0 Å². The molecule has 0 rings (SSSR count). The molecule has 0 saturated heterocycles. The minimum Gasteiger partial charge on any atom is -0.462 e. The Hall–Kier alpha value is -1.94. The van der Waals surface area contributed by atoms with Gasteiger partial charge in [0.1, 0.15) is 19.3 Å². The van der Waals surface area contributed by atoms with E-state index in [1.807, 2.05) is 0 Å². The van der Waals surface area contributed by atoms with Gasteiger partial charge in [-0.3, -0.25) is 37.3 Å². The Morgan fingerprint density at radius 3 is 0.648 bits per heavy atom. The number of hydrogen-bond acceptors (Lipinski definition) is 15. The Kier molecular flexibility index (Phi) is 65.2. The molecule has 91 heavy (non-hydrogen) atoms. The molecular formula is C72H140O17P2. The highest BCUT2D eigenvalue weighted by atomic mass is 31.2. The highest BCUT2D eigenvalue weighted by Crippen LogP contribution is 2.45. The first kappa shape index (κ1) is 89.1. The molecule has 2 unspecified atom stereocenters. The van der Waals surface area contributed by atoms with Gasteiger partial charge in [0.2, 0.25) is 0 Å². The monoisotopic (exact) mass is 1340 g/mol. The van der Waals surface area contributed by atoms with Crippen LogP contribution in [-0.4, -0.2) is 96.7 Å². The van der Waals surface area contributed by atoms with Crippen LogP contribution in [0.25, 0.3) is 0 Å². The van der Waals surface area contributed by atoms with Crippen molar-refractivity contribution in [3.05, 3.63) is 0 Å². The Morgan fingerprint density at radius 2 is 0.440 bits per heavy atom. The molecular weight excluding hydrogens is 1200 g/mol. The molecule has 0 aliphatic carbocycles. The molecule has 0 radical (unpaired) electrons. The van der Waals surface area contributed by atoms with Gasteiger partial charge in [-0.2, -0.15) is 0 Å². The number of carbonyl (C=O) groups excluding carboxylic acids is 4. The second-order valence-corrected chi connectivity index (χ2v) is 28.9. The van der Waals surface area contributed by atoms with Crippen LogP contribution < -0.4 is 0 Å². The summed E-state index contributed by atoms with van der Waals surface area (Å²) in [6.45, 7) is 4.90. The van der Waals surface area contributed by atoms with E-state index in [-0.39, 0.29) is 25.7 Å². The maximum atomic E-state index is 13.0. The van der Waals surface area contributed by atoms with Crippen molar-refractivity contribution in [2.24, 2.45) is 0 Å². The lowest BCUT2D eigenvalue weighted by Gasteiger charge is -2.21. The van der Waals surface area contributed by atoms with Gasteiger partial charge in [0, 0.05) is 25.7 Å². The third-order valence-corrected chi connectivity index (χ3v) is 18.8. The van der Waals surface area contributed by atoms with Gasteiger partial charge >= 0.3 is 39.5 Å². The Balaban J connectivity index is 5.11. The van der Waals surface area contributed by atoms with E-state index in [1.54, 1.807) is 0 Å². The van der Waals surface area contributed by atoms with Gasteiger partial charge in [0.15, 0.2) is 12.2 Å². The van der Waals surface area contributed by atoms with Crippen LogP contribution in [0, 0.1) is 0 Å². The summed E-state index contributed by atoms with van der Waals surface area (Å²) in [6.07, 6.45) is 55.8. The van der Waals surface area contributed by atoms with E-state index in [4.69, 9.17) is 37.0 Å². The summed E-state index contributed by atoms with van der Waals surface area (Å²) in [6, 6.07) is 0. The number of aliphatic hydroxyl groups excluding tert-OH is 1. The van der Waals surface area contributed by atoms with Gasteiger partial charge in [0.05, 0.1) is 26.4 Å². The second-order valence-electron chi connectivity index (χ2n) is 26.0. The molecule has 540 valence electrons. The molecule has 19 heteroatoms. The quantitative estimate of drug-likeness (QED) is 0.0222. The highest BCUT2D eigenvalue weighted by Gasteiger charge is 2.30. The van der Waals surface area contributed by atoms with E-state index >= 15 is 0 Å². The van der Waals surface area contributed by atoms with Crippen molar-refractivity contribution in [1.82, 2.24) is 0 Å². The zero-order valence-corrected chi connectivity index (χ0v) is 60.6. The summed E-state index contributed by atoms with van der Waals surface area (Å²) in [5.74, 6) is -2.13. The van der Waals surface area contributed by atoms with Gasteiger partial charge in [-0.25, -0.2) is 9.13 Å². The topological polar surface area (TPSA) is 237 Å². The van der Waals surface area contributed by atoms with Crippen molar-refractivity contribution in [2.75, 3.05) is 39.6 Å². The van der Waals surface area contributed by atoms with Gasteiger partial charge in [0.25, 0.3) is 0 Å². The number of ether oxygens (including phenoxy) is 4. The summed E-state index contributed by atoms with van der Waals surface area (Å²) in [7, 11) is -9.89. The standard InChI is InChI=1S/C72H140O17P2/c1-5-9-13-17-21-25-27-29-30-31-32-33-34-35-36-37-39-41-43-47-51-55-59-72(77)89-68(63-83-70(75)57-53-49-46-42-40-38-28-26-22-18-14-10-6-2)65-87-91(80,81)85-61-66(73)60-84-90(78,79)86-64-67(88-71(76)58-54-50-45-24-20-16-12-8-4)62-82-69(74)56-52-48-44-23-19-15-11-7-3/h66-68,73H,5-65H2,1-4H3,(H,78,79)(H,80,81)/t66-,67+,68+/m0/s1. The van der Waals surface area contributed by atoms with Crippen molar-refractivity contribution in [1.29, 1.82) is 0 Å². The van der Waals surface area contributed by atoms with E-state index in [1.165, 1.54) is 199 Å². The maximum Gasteiger partial charge on any atom is 0.472 e. The van der Waals surface area contributed by atoms with Crippen LogP contribution in [0.15, 0.2) is 0 Å². The lowest BCUT2D eigenvalue weighted by atomic mass is 10.0. The van der Waals surface area contributed by atoms with E-state index in [9.17, 15) is 43.2 Å². The van der Waals surface area contributed by atoms with Crippen molar-refractivity contribution < 1.29 is 80.2 Å². The fourth-order valence-electron chi connectivity index (χ4n) is 11.0. The summed E-state index contributed by atoms with van der Waals surface area (Å²) in [5.41, 5.74) is 0. The number of aliphatic hydroxyl groups is 1. The molecule has 0 amide bonds. The Labute approximate surface area is 556 Å². The summed E-state index contributed by atoms with van der Waals surface area (Å²) in [4.78, 5) is 72.4. The number of unbranched alkanes of at least 4 members (excludes halogenated alkanes) is 47. The molecule has 5 atom stereocenters. The average Bonchev–Trinajstić information content (AvgIpc) is 3.61. The van der Waals surface area contributed by atoms with Crippen LogP contribution >= 0.6 is 15.6 Å². The molecule has 0 aromatic rings. The molecule has 0 saturated carbocycles. The first-order chi connectivity index (χ1) is 44.2. The van der Waals surface area contributed by atoms with E-state index in [0.29, 0.717) is 25.7 Å². The third kappa shape index (κ3) is 66.5. The fraction of sp³-hybridized carbons (Fsp3) is 0.944. The normalized spacial score (nSPS) is 14.0. The predicted molar refractivity (Wildman–Crippen MR) is 368 cm³/mol. The summed E-state index contributed by atoms with van der Waals surface area (Å²) >= 11 is 0. The zero-order chi connectivity index (χ0) is 66.8. The molecule has 0 aromatic heterocycles. The minimum absolute atomic E-state index is 0.105. The first-order valence-electron chi connectivity index (χ1n) is 37.8. The van der Waals surface area contributed by atoms with Crippen LogP contribution in [-0.2, 0) is 65.4 Å². The summed E-state index contributed by atoms with van der Waals surface area (Å²) < 4.78 is 68.2. The molecule has 0 heterocycles. The SMILES string of the molecule is CCCCCCCCCCCCCCCCCCCCCCCCC(=O)O[C@H](COC(=O)CCCCCCCCCCCCCCC)COP(=O)(O)OC[C@@H](O)COP(=O)(O)OC[C@@H](COC(=O)CCCCCCCCCC)OC(=O)CCCCCCCCCC. The van der Waals surface area contributed by atoms with Gasteiger partial charge in [-0.15, -0.1) is 0 Å². The molecule has 0 aliphatic heterocycles. The van der Waals surface area contributed by atoms with E-state index in [2.05, 4.69) is 27.7 Å². The highest BCUT2D eigenvalue weighted by molar-refractivity contribution is 7.47. The van der Waals surface area contributed by atoms with Crippen molar-refractivity contribution in [2.45, 2.75) is 399 Å². The predicted octanol–water partition coefficient (Wildman–Crippen LogP) is 21.1. The molecule has 0 spiro atoms. The lowest BCUT2D eigenvalue weighted by molar-refractivity contribution is -0.161. The largest absolute Gasteiger partial charge is 0.472 e. The molecule has 0 fully saturated rings. The Bertz CT molecular complexity index is 1740. The second kappa shape index (κ2) is 66.7. The van der Waals surface area contributed by atoms with Gasteiger partial charge < -0.3 is 33.8 Å². The molecule has 0 aromatic carbocycles. The average molecular weight is 1340 g/mol. The number of esters is 4. The van der Waals surface area contributed by atoms with Crippen LogP contribution in [0.1, 0.15) is 381 Å². The minimum atomic E-state index is -4.95. The first-order valence-corrected chi connectivity index (χ1v) is 40.8. The zero-order valence-electron chi connectivity index (χ0n) is 58.8. The number of rotatable bonds is 73. The van der Waals surface area contributed by atoms with Crippen LogP contribution in [0.2, 0.25) is 0 Å². The molecule has 0 bridgehead atoms. The molecule has 17 nitrogen and oxygen atoms in total. The molecule has 3 N–H and O–H groups in total. The smallest absolute Gasteiger partial charge is 0.462 e. The van der Waals surface area contributed by atoms with Crippen LogP contribution in [0.3, 0.4) is 0 Å². The number of hydrogen-bond donors (Lipinski definition) is 3. The fourth-order valence-corrected chi connectivity index (χ4v) is 12.6. The lowest BCUT2D eigenvalue weighted by Crippen LogP contribution is -2.30. The third-order valence-electron chi connectivity index (χ3n) is 16.9. The van der Waals surface area contributed by atoms with Crippen molar-refractivity contribution in [3.8, 4) is 0 Å². The van der Waals surface area contributed by atoms with Gasteiger partial charge in [-0.05, 0) is 25.7 Å². The number of carbonyl (C=O) groups is 4. The van der Waals surface area contributed by atoms with Crippen molar-refractivity contribution in [3.63, 3.8) is 0 Å². The van der Waals surface area contributed by atoms with Crippen molar-refractivity contribution >= 4 is 39.5 Å².